The molecule has 1 atom stereocenters. The van der Waals surface area contributed by atoms with E-state index in [-0.39, 0.29) is 49.8 Å². The van der Waals surface area contributed by atoms with Gasteiger partial charge in [-0.3, -0.25) is 19.7 Å². The summed E-state index contributed by atoms with van der Waals surface area (Å²) in [7, 11) is -3.93. The van der Waals surface area contributed by atoms with Gasteiger partial charge in [0, 0.05) is 19.3 Å². The molecule has 3 amide bonds. The van der Waals surface area contributed by atoms with Crippen LogP contribution in [-0.4, -0.2) is 56.5 Å². The minimum absolute atomic E-state index is 0.0210. The number of furan rings is 1. The molecular weight excluding hydrogens is 608 g/mol. The van der Waals surface area contributed by atoms with Crippen LogP contribution in [0.5, 0.6) is 0 Å². The molecule has 1 saturated heterocycles. The summed E-state index contributed by atoms with van der Waals surface area (Å²) in [5, 5.41) is 3.69. The molecule has 1 aliphatic rings. The Morgan fingerprint density at radius 1 is 1.10 bits per heavy atom. The third kappa shape index (κ3) is 9.04. The maximum Gasteiger partial charge on any atom is 0.291 e. The van der Waals surface area contributed by atoms with E-state index in [0.29, 0.717) is 17.5 Å². The van der Waals surface area contributed by atoms with Crippen LogP contribution in [-0.2, 0) is 29.2 Å². The van der Waals surface area contributed by atoms with Crippen LogP contribution in [0.4, 0.5) is 5.69 Å². The van der Waals surface area contributed by atoms with E-state index in [2.05, 4.69) is 26.7 Å². The molecule has 1 aliphatic heterocycles. The van der Waals surface area contributed by atoms with E-state index in [4.69, 9.17) is 14.0 Å². The third-order valence-electron chi connectivity index (χ3n) is 5.95. The molecule has 1 fully saturated rings. The predicted molar refractivity (Wildman–Crippen MR) is 150 cm³/mol. The number of amides is 3. The summed E-state index contributed by atoms with van der Waals surface area (Å²) in [5.74, 6) is -3.08. The van der Waals surface area contributed by atoms with E-state index in [1.54, 1.807) is 36.4 Å². The largest absolute Gasteiger partial charge is 0.444 e. The van der Waals surface area contributed by atoms with Gasteiger partial charge in [-0.25, -0.2) is 23.7 Å². The first-order valence-corrected chi connectivity index (χ1v) is 15.6. The third-order valence-corrected chi connectivity index (χ3v) is 7.41. The van der Waals surface area contributed by atoms with E-state index in [0.717, 1.165) is 22.1 Å². The first kappa shape index (κ1) is 31.6. The highest BCUT2D eigenvalue weighted by molar-refractivity contribution is 9.10. The molecule has 14 heteroatoms. The first-order chi connectivity index (χ1) is 18.9. The number of nitrogens with one attached hydrogen (secondary N) is 2. The molecule has 1 aromatic heterocycles. The Balaban J connectivity index is 1.72. The van der Waals surface area contributed by atoms with E-state index in [1.165, 1.54) is 6.07 Å². The fourth-order valence-electron chi connectivity index (χ4n) is 3.97. The SMILES string of the molecule is CC(C)CCC(=O)N(CCC(=O)NO[C@@]1(NC(=O)c2ccc(Br)o2)CCCCO1)N(c1ccccc1)S(C)(=O)=O. The predicted octanol–water partition coefficient (Wildman–Crippen LogP) is 3.71. The molecule has 2 N–H and O–H groups in total. The van der Waals surface area contributed by atoms with Crippen molar-refractivity contribution in [1.82, 2.24) is 15.8 Å². The Kier molecular flexibility index (Phi) is 11.1. The van der Waals surface area contributed by atoms with Gasteiger partial charge in [0.15, 0.2) is 10.4 Å². The maximum atomic E-state index is 13.2. The normalized spacial score (nSPS) is 17.3. The van der Waals surface area contributed by atoms with Gasteiger partial charge in [0.1, 0.15) is 0 Å². The molecule has 12 nitrogen and oxygen atoms in total. The van der Waals surface area contributed by atoms with Crippen molar-refractivity contribution in [2.45, 2.75) is 58.3 Å². The second-order valence-corrected chi connectivity index (χ2v) is 12.4. The van der Waals surface area contributed by atoms with Crippen LogP contribution in [0.1, 0.15) is 62.9 Å². The fourth-order valence-corrected chi connectivity index (χ4v) is 5.31. The second-order valence-electron chi connectivity index (χ2n) is 9.78. The molecule has 0 radical (unpaired) electrons. The molecular formula is C26H35BrN4O8S. The number of hydrogen-bond donors (Lipinski definition) is 2. The van der Waals surface area contributed by atoms with Gasteiger partial charge < -0.3 is 9.15 Å². The van der Waals surface area contributed by atoms with Crippen molar-refractivity contribution in [3.05, 3.63) is 52.9 Å². The van der Waals surface area contributed by atoms with Crippen molar-refractivity contribution >= 4 is 49.4 Å². The van der Waals surface area contributed by atoms with Crippen LogP contribution >= 0.6 is 15.9 Å². The highest BCUT2D eigenvalue weighted by Crippen LogP contribution is 2.25. The Morgan fingerprint density at radius 2 is 1.82 bits per heavy atom. The molecule has 220 valence electrons. The second kappa shape index (κ2) is 14.1. The van der Waals surface area contributed by atoms with E-state index in [1.807, 2.05) is 13.8 Å². The number of ether oxygens (including phenoxy) is 1. The summed E-state index contributed by atoms with van der Waals surface area (Å²) in [5.41, 5.74) is 2.56. The van der Waals surface area contributed by atoms with Crippen LogP contribution in [0.3, 0.4) is 0 Å². The van der Waals surface area contributed by atoms with Crippen molar-refractivity contribution in [3.8, 4) is 0 Å². The minimum Gasteiger partial charge on any atom is -0.444 e. The van der Waals surface area contributed by atoms with Gasteiger partial charge >= 0.3 is 0 Å². The number of anilines is 1. The fraction of sp³-hybridized carbons (Fsp3) is 0.500. The number of nitrogens with zero attached hydrogens (tertiary/aromatic N) is 2. The Bertz CT molecular complexity index is 1260. The van der Waals surface area contributed by atoms with Gasteiger partial charge in [-0.15, -0.1) is 0 Å². The summed E-state index contributed by atoms with van der Waals surface area (Å²) >= 11 is 3.15. The summed E-state index contributed by atoms with van der Waals surface area (Å²) < 4.78 is 37.9. The topological polar surface area (TPSA) is 147 Å². The molecule has 0 saturated carbocycles. The van der Waals surface area contributed by atoms with Crippen LogP contribution in [0, 0.1) is 5.92 Å². The van der Waals surface area contributed by atoms with Crippen LogP contribution < -0.4 is 15.2 Å². The number of rotatable bonds is 13. The van der Waals surface area contributed by atoms with E-state index < -0.39 is 33.7 Å². The number of carbonyl (C=O) groups excluding carboxylic acids is 3. The zero-order chi connectivity index (χ0) is 29.3. The molecule has 0 bridgehead atoms. The van der Waals surface area contributed by atoms with Crippen molar-refractivity contribution in [1.29, 1.82) is 0 Å². The lowest BCUT2D eigenvalue weighted by Gasteiger charge is -2.36. The minimum atomic E-state index is -3.93. The summed E-state index contributed by atoms with van der Waals surface area (Å²) in [6, 6.07) is 11.2. The monoisotopic (exact) mass is 642 g/mol. The molecule has 2 heterocycles. The van der Waals surface area contributed by atoms with Crippen LogP contribution in [0.25, 0.3) is 0 Å². The number of hydroxylamine groups is 1. The quantitative estimate of drug-likeness (QED) is 0.248. The summed E-state index contributed by atoms with van der Waals surface area (Å²) in [6.07, 6.45) is 3.02. The molecule has 0 aliphatic carbocycles. The first-order valence-electron chi connectivity index (χ1n) is 12.9. The highest BCUT2D eigenvalue weighted by Gasteiger charge is 2.39. The molecule has 3 rings (SSSR count). The van der Waals surface area contributed by atoms with E-state index in [9.17, 15) is 22.8 Å². The number of hydrogen-bond acceptors (Lipinski definition) is 8. The van der Waals surface area contributed by atoms with Crippen LogP contribution in [0.15, 0.2) is 51.6 Å². The van der Waals surface area contributed by atoms with Gasteiger partial charge in [-0.2, -0.15) is 4.41 Å². The lowest BCUT2D eigenvalue weighted by molar-refractivity contribution is -0.290. The smallest absolute Gasteiger partial charge is 0.291 e. The summed E-state index contributed by atoms with van der Waals surface area (Å²) in [4.78, 5) is 44.3. The Hall–Kier alpha value is -2.94. The molecule has 1 aromatic carbocycles. The summed E-state index contributed by atoms with van der Waals surface area (Å²) in [6.45, 7) is 3.96. The van der Waals surface area contributed by atoms with Crippen molar-refractivity contribution in [2.24, 2.45) is 5.92 Å². The molecule has 0 unspecified atom stereocenters. The number of sulfonamides is 1. The van der Waals surface area contributed by atoms with Crippen molar-refractivity contribution < 1.29 is 36.8 Å². The van der Waals surface area contributed by atoms with Gasteiger partial charge in [-0.05, 0) is 65.4 Å². The molecule has 2 aromatic rings. The molecule has 0 spiro atoms. The number of hydrazine groups is 1. The standard InChI is InChI=1S/C26H35BrN4O8S/c1-19(2)11-14-24(33)30(31(40(3,35)36)20-9-5-4-6-10-20)17-15-23(32)29-39-26(16-7-8-18-37-26)28-25(34)21-12-13-22(27)38-21/h4-6,9-10,12-13,19H,7-8,11,14-18H2,1-3H3,(H,28,34)(H,29,32)/t26-/m1/s1. The van der Waals surface area contributed by atoms with Gasteiger partial charge in [0.05, 0.1) is 25.1 Å². The zero-order valence-corrected chi connectivity index (χ0v) is 25.1. The van der Waals surface area contributed by atoms with Crippen molar-refractivity contribution in [3.63, 3.8) is 0 Å². The van der Waals surface area contributed by atoms with Gasteiger partial charge in [0.2, 0.25) is 21.8 Å². The number of para-hydroxylation sites is 1. The average Bonchev–Trinajstić information content (AvgIpc) is 3.35. The highest BCUT2D eigenvalue weighted by atomic mass is 79.9. The number of carbonyl (C=O) groups is 3. The van der Waals surface area contributed by atoms with Crippen LogP contribution in [0.2, 0.25) is 0 Å². The Labute approximate surface area is 242 Å². The number of halogens is 1. The zero-order valence-electron chi connectivity index (χ0n) is 22.7. The maximum absolute atomic E-state index is 13.2. The average molecular weight is 644 g/mol. The Morgan fingerprint density at radius 3 is 2.40 bits per heavy atom. The lowest BCUT2D eigenvalue weighted by Crippen LogP contribution is -2.57. The van der Waals surface area contributed by atoms with Crippen molar-refractivity contribution in [2.75, 3.05) is 23.8 Å². The number of benzene rings is 1. The van der Waals surface area contributed by atoms with Gasteiger partial charge in [0.25, 0.3) is 11.8 Å². The lowest BCUT2D eigenvalue weighted by atomic mass is 10.1. The molecule has 40 heavy (non-hydrogen) atoms. The van der Waals surface area contributed by atoms with Gasteiger partial charge in [-0.1, -0.05) is 32.0 Å². The van der Waals surface area contributed by atoms with E-state index >= 15 is 0 Å².